The normalized spacial score (nSPS) is 14.8. The summed E-state index contributed by atoms with van der Waals surface area (Å²) in [5.41, 5.74) is 5.48. The van der Waals surface area contributed by atoms with Gasteiger partial charge in [0.25, 0.3) is 5.91 Å². The summed E-state index contributed by atoms with van der Waals surface area (Å²) in [7, 11) is 2.11. The number of likely N-dealkylation sites (N-methyl/N-ethyl adjacent to an activating group) is 1. The van der Waals surface area contributed by atoms with Gasteiger partial charge in [-0.05, 0) is 55.3 Å². The van der Waals surface area contributed by atoms with Crippen LogP contribution in [0.1, 0.15) is 46.6 Å². The van der Waals surface area contributed by atoms with Gasteiger partial charge in [0.05, 0.1) is 25.0 Å². The standard InChI is InChI=1S/C31H37N7O4/c1-5-21-9-8-10-22(6-2)27(21)32-30(40)37-19-25-26(20-37)38(31(41)42-7-3)34-28(25)33-29(39)23-11-13-24(14-12-23)36-17-15-35(4)16-18-36/h7-14H,3,5-6,15-20H2,1-2,4H3,(H,32,40)(H,33,34,39). The van der Waals surface area contributed by atoms with Gasteiger partial charge in [-0.2, -0.15) is 4.68 Å². The van der Waals surface area contributed by atoms with Crippen molar-refractivity contribution in [3.05, 3.63) is 83.3 Å². The molecule has 3 aromatic rings. The molecule has 1 fully saturated rings. The third-order valence-corrected chi connectivity index (χ3v) is 7.88. The predicted octanol–water partition coefficient (Wildman–Crippen LogP) is 4.69. The molecule has 0 aliphatic carbocycles. The van der Waals surface area contributed by atoms with Crippen LogP contribution in [-0.2, 0) is 30.7 Å². The topological polar surface area (TPSA) is 112 Å². The van der Waals surface area contributed by atoms with Crippen LogP contribution in [0.15, 0.2) is 55.3 Å². The summed E-state index contributed by atoms with van der Waals surface area (Å²) in [6.07, 6.45) is 1.80. The predicted molar refractivity (Wildman–Crippen MR) is 162 cm³/mol. The van der Waals surface area contributed by atoms with Crippen LogP contribution in [0.2, 0.25) is 0 Å². The number of nitrogens with one attached hydrogen (secondary N) is 2. The van der Waals surface area contributed by atoms with Crippen molar-refractivity contribution in [2.75, 3.05) is 48.8 Å². The number of benzene rings is 2. The number of nitrogens with zero attached hydrogens (tertiary/aromatic N) is 5. The molecule has 11 heteroatoms. The van der Waals surface area contributed by atoms with Crippen molar-refractivity contribution in [2.45, 2.75) is 39.8 Å². The Morgan fingerprint density at radius 3 is 2.24 bits per heavy atom. The molecule has 11 nitrogen and oxygen atoms in total. The highest BCUT2D eigenvalue weighted by Crippen LogP contribution is 2.31. The molecular weight excluding hydrogens is 534 g/mol. The Labute approximate surface area is 245 Å². The van der Waals surface area contributed by atoms with Crippen LogP contribution in [0.3, 0.4) is 0 Å². The van der Waals surface area contributed by atoms with Gasteiger partial charge < -0.3 is 30.1 Å². The Hall–Kier alpha value is -4.64. The van der Waals surface area contributed by atoms with Gasteiger partial charge in [-0.3, -0.25) is 4.79 Å². The van der Waals surface area contributed by atoms with Crippen molar-refractivity contribution < 1.29 is 19.1 Å². The molecule has 2 N–H and O–H groups in total. The number of piperazine rings is 1. The molecule has 2 aliphatic heterocycles. The summed E-state index contributed by atoms with van der Waals surface area (Å²) < 4.78 is 6.05. The number of fused-ring (bicyclic) bond motifs is 1. The zero-order valence-corrected chi connectivity index (χ0v) is 24.4. The third kappa shape index (κ3) is 5.87. The Morgan fingerprint density at radius 2 is 1.62 bits per heavy atom. The number of rotatable bonds is 7. The molecule has 0 radical (unpaired) electrons. The van der Waals surface area contributed by atoms with E-state index in [1.807, 2.05) is 44.2 Å². The van der Waals surface area contributed by atoms with Gasteiger partial charge in [0, 0.05) is 48.7 Å². The maximum Gasteiger partial charge on any atom is 0.439 e. The van der Waals surface area contributed by atoms with Crippen molar-refractivity contribution in [2.24, 2.45) is 0 Å². The molecule has 1 saturated heterocycles. The average Bonchev–Trinajstić information content (AvgIpc) is 3.58. The maximum atomic E-state index is 13.4. The number of anilines is 3. The largest absolute Gasteiger partial charge is 0.439 e. The van der Waals surface area contributed by atoms with Crippen LogP contribution in [0, 0.1) is 0 Å². The van der Waals surface area contributed by atoms with E-state index in [4.69, 9.17) is 4.74 Å². The lowest BCUT2D eigenvalue weighted by Crippen LogP contribution is -2.44. The number of carbonyl (C=O) groups is 3. The van der Waals surface area contributed by atoms with Gasteiger partial charge >= 0.3 is 12.1 Å². The lowest BCUT2D eigenvalue weighted by atomic mass is 10.0. The lowest BCUT2D eigenvalue weighted by molar-refractivity contribution is 0.102. The number of hydrogen-bond acceptors (Lipinski definition) is 7. The molecule has 0 spiro atoms. The van der Waals surface area contributed by atoms with Crippen LogP contribution >= 0.6 is 0 Å². The molecule has 2 aliphatic rings. The second-order valence-corrected chi connectivity index (χ2v) is 10.5. The number of para-hydroxylation sites is 1. The van der Waals surface area contributed by atoms with E-state index in [0.717, 1.165) is 72.5 Å². The average molecular weight is 572 g/mol. The van der Waals surface area contributed by atoms with Crippen molar-refractivity contribution in [3.8, 4) is 0 Å². The van der Waals surface area contributed by atoms with Crippen LogP contribution < -0.4 is 15.5 Å². The first-order valence-corrected chi connectivity index (χ1v) is 14.3. The highest BCUT2D eigenvalue weighted by atomic mass is 16.5. The summed E-state index contributed by atoms with van der Waals surface area (Å²) in [6.45, 7) is 11.7. The number of hydrogen-bond donors (Lipinski definition) is 2. The van der Waals surface area contributed by atoms with E-state index in [1.165, 1.54) is 0 Å². The Bertz CT molecular complexity index is 1470. The fraction of sp³-hybridized carbons (Fsp3) is 0.355. The first-order chi connectivity index (χ1) is 20.3. The first kappa shape index (κ1) is 28.9. The molecule has 0 saturated carbocycles. The minimum absolute atomic E-state index is 0.117. The van der Waals surface area contributed by atoms with Gasteiger partial charge in [0.2, 0.25) is 0 Å². The molecule has 42 heavy (non-hydrogen) atoms. The summed E-state index contributed by atoms with van der Waals surface area (Å²) in [5, 5.41) is 10.3. The van der Waals surface area contributed by atoms with E-state index >= 15 is 0 Å². The van der Waals surface area contributed by atoms with E-state index < -0.39 is 6.09 Å². The molecule has 3 heterocycles. The van der Waals surface area contributed by atoms with E-state index in [1.54, 1.807) is 17.0 Å². The van der Waals surface area contributed by atoms with Gasteiger partial charge in [0.15, 0.2) is 5.82 Å². The molecule has 5 rings (SSSR count). The van der Waals surface area contributed by atoms with E-state index in [0.29, 0.717) is 16.8 Å². The van der Waals surface area contributed by atoms with Crippen molar-refractivity contribution in [3.63, 3.8) is 0 Å². The smallest absolute Gasteiger partial charge is 0.417 e. The Balaban J connectivity index is 1.34. The van der Waals surface area contributed by atoms with Gasteiger partial charge in [0.1, 0.15) is 0 Å². The number of ether oxygens (including phenoxy) is 1. The SMILES string of the molecule is C=COC(=O)n1nc(NC(=O)c2ccc(N3CCN(C)CC3)cc2)c2c1CN(C(=O)Nc1c(CC)cccc1CC)C2. The molecule has 220 valence electrons. The van der Waals surface area contributed by atoms with Crippen LogP contribution in [0.5, 0.6) is 0 Å². The van der Waals surface area contributed by atoms with Crippen LogP contribution in [0.4, 0.5) is 26.8 Å². The summed E-state index contributed by atoms with van der Waals surface area (Å²) in [4.78, 5) is 45.5. The number of carbonyl (C=O) groups excluding carboxylic acids is 3. The Morgan fingerprint density at radius 1 is 0.952 bits per heavy atom. The van der Waals surface area contributed by atoms with E-state index in [-0.39, 0.29) is 30.8 Å². The van der Waals surface area contributed by atoms with Crippen molar-refractivity contribution >= 4 is 35.2 Å². The third-order valence-electron chi connectivity index (χ3n) is 7.88. The molecule has 2 aromatic carbocycles. The van der Waals surface area contributed by atoms with Gasteiger partial charge in [-0.15, -0.1) is 5.10 Å². The van der Waals surface area contributed by atoms with Gasteiger partial charge in [-0.1, -0.05) is 38.6 Å². The highest BCUT2D eigenvalue weighted by molar-refractivity contribution is 6.04. The Kier molecular flexibility index (Phi) is 8.58. The molecule has 1 aromatic heterocycles. The first-order valence-electron chi connectivity index (χ1n) is 14.3. The number of amides is 3. The maximum absolute atomic E-state index is 13.4. The number of urea groups is 1. The summed E-state index contributed by atoms with van der Waals surface area (Å²) >= 11 is 0. The zero-order valence-electron chi connectivity index (χ0n) is 24.4. The van der Waals surface area contributed by atoms with Crippen LogP contribution in [-0.4, -0.2) is 70.8 Å². The van der Waals surface area contributed by atoms with Crippen LogP contribution in [0.25, 0.3) is 0 Å². The lowest BCUT2D eigenvalue weighted by Gasteiger charge is -2.34. The fourth-order valence-corrected chi connectivity index (χ4v) is 5.41. The second kappa shape index (κ2) is 12.5. The molecule has 0 bridgehead atoms. The van der Waals surface area contributed by atoms with Crippen molar-refractivity contribution in [1.29, 1.82) is 0 Å². The highest BCUT2D eigenvalue weighted by Gasteiger charge is 2.34. The number of aryl methyl sites for hydroxylation is 2. The molecular formula is C31H37N7O4. The minimum atomic E-state index is -0.773. The summed E-state index contributed by atoms with van der Waals surface area (Å²) in [5.74, 6) is -0.158. The number of aromatic nitrogens is 2. The monoisotopic (exact) mass is 571 g/mol. The summed E-state index contributed by atoms with van der Waals surface area (Å²) in [6, 6.07) is 13.1. The van der Waals surface area contributed by atoms with E-state index in [9.17, 15) is 14.4 Å². The van der Waals surface area contributed by atoms with E-state index in [2.05, 4.69) is 39.2 Å². The fourth-order valence-electron chi connectivity index (χ4n) is 5.41. The quantitative estimate of drug-likeness (QED) is 0.396. The second-order valence-electron chi connectivity index (χ2n) is 10.5. The molecule has 3 amide bonds. The van der Waals surface area contributed by atoms with Crippen molar-refractivity contribution in [1.82, 2.24) is 19.6 Å². The molecule has 0 unspecified atom stereocenters. The molecule has 0 atom stereocenters. The van der Waals surface area contributed by atoms with Gasteiger partial charge in [-0.25, -0.2) is 9.59 Å². The minimum Gasteiger partial charge on any atom is -0.417 e. The zero-order chi connectivity index (χ0) is 29.8.